The largest absolute Gasteiger partial charge is 0.494 e. The number of hydrogen-bond donors (Lipinski definition) is 1. The molecule has 0 fully saturated rings. The molecule has 0 amide bonds. The summed E-state index contributed by atoms with van der Waals surface area (Å²) in [5.41, 5.74) is 1.68. The third-order valence-corrected chi connectivity index (χ3v) is 3.05. The normalized spacial score (nSPS) is 13.3. The van der Waals surface area contributed by atoms with Crippen molar-refractivity contribution < 1.29 is 4.74 Å². The van der Waals surface area contributed by atoms with Crippen molar-refractivity contribution in [1.29, 1.82) is 0 Å². The standard InChI is InChI=1S/C17H29NO/c1-6-12-18-16(13-17(3,4)5)14-8-10-15(11-9-14)19-7-2/h8-11,16,18H,6-7,12-13H2,1-5H3. The van der Waals surface area contributed by atoms with Gasteiger partial charge in [-0.1, -0.05) is 39.8 Å². The van der Waals surface area contributed by atoms with Crippen LogP contribution in [0.2, 0.25) is 0 Å². The van der Waals surface area contributed by atoms with Gasteiger partial charge < -0.3 is 10.1 Å². The summed E-state index contributed by atoms with van der Waals surface area (Å²) >= 11 is 0. The van der Waals surface area contributed by atoms with Crippen molar-refractivity contribution in [2.75, 3.05) is 13.2 Å². The van der Waals surface area contributed by atoms with E-state index in [2.05, 4.69) is 57.3 Å². The lowest BCUT2D eigenvalue weighted by molar-refractivity contribution is 0.311. The van der Waals surface area contributed by atoms with Crippen molar-refractivity contribution >= 4 is 0 Å². The molecule has 0 saturated carbocycles. The van der Waals surface area contributed by atoms with Gasteiger partial charge in [0.05, 0.1) is 6.61 Å². The Morgan fingerprint density at radius 3 is 2.21 bits per heavy atom. The van der Waals surface area contributed by atoms with E-state index in [1.807, 2.05) is 6.92 Å². The summed E-state index contributed by atoms with van der Waals surface area (Å²) < 4.78 is 5.50. The summed E-state index contributed by atoms with van der Waals surface area (Å²) in [4.78, 5) is 0. The molecular weight excluding hydrogens is 234 g/mol. The van der Waals surface area contributed by atoms with Crippen LogP contribution in [0.25, 0.3) is 0 Å². The Kier molecular flexibility index (Phi) is 6.36. The smallest absolute Gasteiger partial charge is 0.119 e. The van der Waals surface area contributed by atoms with Gasteiger partial charge in [0.25, 0.3) is 0 Å². The lowest BCUT2D eigenvalue weighted by Crippen LogP contribution is -2.26. The van der Waals surface area contributed by atoms with E-state index in [-0.39, 0.29) is 0 Å². The molecule has 0 aliphatic carbocycles. The van der Waals surface area contributed by atoms with Crippen LogP contribution in [0, 0.1) is 5.41 Å². The number of rotatable bonds is 7. The Hall–Kier alpha value is -1.02. The molecule has 0 aliphatic rings. The van der Waals surface area contributed by atoms with Crippen LogP contribution in [-0.2, 0) is 0 Å². The molecule has 2 nitrogen and oxygen atoms in total. The Morgan fingerprint density at radius 1 is 1.11 bits per heavy atom. The fraction of sp³-hybridized carbons (Fsp3) is 0.647. The lowest BCUT2D eigenvalue weighted by atomic mass is 9.85. The Bertz CT molecular complexity index is 351. The summed E-state index contributed by atoms with van der Waals surface area (Å²) in [5.74, 6) is 0.955. The maximum atomic E-state index is 5.50. The quantitative estimate of drug-likeness (QED) is 0.778. The van der Waals surface area contributed by atoms with Crippen LogP contribution in [0.4, 0.5) is 0 Å². The van der Waals surface area contributed by atoms with Gasteiger partial charge in [-0.15, -0.1) is 0 Å². The van der Waals surface area contributed by atoms with Crippen molar-refractivity contribution in [2.24, 2.45) is 5.41 Å². The van der Waals surface area contributed by atoms with Crippen LogP contribution in [0.3, 0.4) is 0 Å². The zero-order valence-electron chi connectivity index (χ0n) is 13.1. The van der Waals surface area contributed by atoms with Crippen LogP contribution >= 0.6 is 0 Å². The highest BCUT2D eigenvalue weighted by atomic mass is 16.5. The average Bonchev–Trinajstić information content (AvgIpc) is 2.34. The fourth-order valence-corrected chi connectivity index (χ4v) is 2.20. The predicted molar refractivity (Wildman–Crippen MR) is 82.7 cm³/mol. The van der Waals surface area contributed by atoms with Crippen molar-refractivity contribution in [3.05, 3.63) is 29.8 Å². The van der Waals surface area contributed by atoms with Crippen molar-refractivity contribution in [1.82, 2.24) is 5.32 Å². The molecule has 1 aromatic rings. The minimum absolute atomic E-state index is 0.323. The van der Waals surface area contributed by atoms with Crippen LogP contribution in [0.5, 0.6) is 5.75 Å². The maximum Gasteiger partial charge on any atom is 0.119 e. The molecule has 108 valence electrons. The molecule has 0 saturated heterocycles. The molecule has 1 N–H and O–H groups in total. The van der Waals surface area contributed by atoms with E-state index in [1.165, 1.54) is 5.56 Å². The second-order valence-corrected chi connectivity index (χ2v) is 6.27. The van der Waals surface area contributed by atoms with Crippen LogP contribution in [0.15, 0.2) is 24.3 Å². The highest BCUT2D eigenvalue weighted by Gasteiger charge is 2.19. The van der Waals surface area contributed by atoms with E-state index in [9.17, 15) is 0 Å². The van der Waals surface area contributed by atoms with Gasteiger partial charge in [-0.05, 0) is 49.4 Å². The molecule has 0 aromatic heterocycles. The van der Waals surface area contributed by atoms with Gasteiger partial charge in [0, 0.05) is 6.04 Å². The second-order valence-electron chi connectivity index (χ2n) is 6.27. The third kappa shape index (κ3) is 6.11. The monoisotopic (exact) mass is 263 g/mol. The molecule has 0 bridgehead atoms. The number of benzene rings is 1. The molecule has 0 heterocycles. The Morgan fingerprint density at radius 2 is 1.74 bits per heavy atom. The van der Waals surface area contributed by atoms with Gasteiger partial charge in [0.2, 0.25) is 0 Å². The molecule has 1 rings (SSSR count). The summed E-state index contributed by atoms with van der Waals surface area (Å²) in [6.45, 7) is 12.9. The first kappa shape index (κ1) is 16.0. The van der Waals surface area contributed by atoms with Gasteiger partial charge in [0.15, 0.2) is 0 Å². The minimum atomic E-state index is 0.323. The second kappa shape index (κ2) is 7.54. The predicted octanol–water partition coefficient (Wildman–Crippen LogP) is 4.56. The number of nitrogens with one attached hydrogen (secondary N) is 1. The Balaban J connectivity index is 2.77. The summed E-state index contributed by atoms with van der Waals surface area (Å²) in [5, 5.41) is 3.65. The summed E-state index contributed by atoms with van der Waals surface area (Å²) in [6.07, 6.45) is 2.30. The van der Waals surface area contributed by atoms with E-state index in [0.717, 1.165) is 31.7 Å². The lowest BCUT2D eigenvalue weighted by Gasteiger charge is -2.27. The zero-order chi connectivity index (χ0) is 14.3. The average molecular weight is 263 g/mol. The summed E-state index contributed by atoms with van der Waals surface area (Å²) in [6, 6.07) is 8.94. The SMILES string of the molecule is CCCNC(CC(C)(C)C)c1ccc(OCC)cc1. The van der Waals surface area contributed by atoms with E-state index in [1.54, 1.807) is 0 Å². The molecule has 19 heavy (non-hydrogen) atoms. The third-order valence-electron chi connectivity index (χ3n) is 3.05. The van der Waals surface area contributed by atoms with E-state index in [4.69, 9.17) is 4.74 Å². The maximum absolute atomic E-state index is 5.50. The van der Waals surface area contributed by atoms with Crippen molar-refractivity contribution in [2.45, 2.75) is 53.5 Å². The number of hydrogen-bond acceptors (Lipinski definition) is 2. The highest BCUT2D eigenvalue weighted by Crippen LogP contribution is 2.30. The van der Waals surface area contributed by atoms with Crippen molar-refractivity contribution in [3.63, 3.8) is 0 Å². The molecule has 0 spiro atoms. The molecule has 1 atom stereocenters. The van der Waals surface area contributed by atoms with E-state index in [0.29, 0.717) is 11.5 Å². The van der Waals surface area contributed by atoms with Gasteiger partial charge in [-0.2, -0.15) is 0 Å². The van der Waals surface area contributed by atoms with Crippen LogP contribution in [-0.4, -0.2) is 13.2 Å². The summed E-state index contributed by atoms with van der Waals surface area (Å²) in [7, 11) is 0. The van der Waals surface area contributed by atoms with Crippen molar-refractivity contribution in [3.8, 4) is 5.75 Å². The van der Waals surface area contributed by atoms with Gasteiger partial charge in [-0.3, -0.25) is 0 Å². The molecule has 1 aromatic carbocycles. The first-order chi connectivity index (χ1) is 8.96. The zero-order valence-corrected chi connectivity index (χ0v) is 13.1. The van der Waals surface area contributed by atoms with E-state index < -0.39 is 0 Å². The molecule has 0 radical (unpaired) electrons. The van der Waals surface area contributed by atoms with E-state index >= 15 is 0 Å². The molecular formula is C17H29NO. The highest BCUT2D eigenvalue weighted by molar-refractivity contribution is 5.29. The molecule has 1 unspecified atom stereocenters. The first-order valence-electron chi connectivity index (χ1n) is 7.42. The van der Waals surface area contributed by atoms with Gasteiger partial charge in [0.1, 0.15) is 5.75 Å². The first-order valence-corrected chi connectivity index (χ1v) is 7.42. The number of ether oxygens (including phenoxy) is 1. The fourth-order valence-electron chi connectivity index (χ4n) is 2.20. The Labute approximate surface area is 118 Å². The van der Waals surface area contributed by atoms with Crippen LogP contribution in [0.1, 0.15) is 59.1 Å². The van der Waals surface area contributed by atoms with Gasteiger partial charge in [-0.25, -0.2) is 0 Å². The topological polar surface area (TPSA) is 21.3 Å². The van der Waals surface area contributed by atoms with Gasteiger partial charge >= 0.3 is 0 Å². The minimum Gasteiger partial charge on any atom is -0.494 e. The van der Waals surface area contributed by atoms with Crippen LogP contribution < -0.4 is 10.1 Å². The molecule has 0 aliphatic heterocycles. The molecule has 2 heteroatoms.